The maximum Gasteiger partial charge on any atom is 0.397 e. The molecule has 14 N–H and O–H groups in total. The third-order valence-corrected chi connectivity index (χ3v) is 13.2. The Balaban J connectivity index is 1.52. The molecule has 0 saturated carbocycles. The fourth-order valence-corrected chi connectivity index (χ4v) is 9.32. The van der Waals surface area contributed by atoms with Crippen molar-refractivity contribution in [3.8, 4) is 0 Å². The number of hydrogen-bond donors (Lipinski definition) is 14. The predicted octanol–water partition coefficient (Wildman–Crippen LogP) is -4.00. The van der Waals surface area contributed by atoms with Crippen LogP contribution in [0, 0.1) is 0 Å². The minimum atomic E-state index is -5.16. The molecule has 0 aromatic heterocycles. The number of unbranched alkanes of at least 4 members (excludes halogenated alkanes) is 6. The molecular weight excluding hydrogens is 1050 g/mol. The molecule has 4 aliphatic heterocycles. The highest BCUT2D eigenvalue weighted by Crippen LogP contribution is 2.35. The highest BCUT2D eigenvalue weighted by Gasteiger charge is 2.56. The number of nitrogens with one attached hydrogen (secondary N) is 4. The molecule has 4 fully saturated rings. The van der Waals surface area contributed by atoms with Gasteiger partial charge in [-0.1, -0.05) is 68.7 Å². The van der Waals surface area contributed by atoms with Gasteiger partial charge in [-0.05, 0) is 32.1 Å². The molecule has 28 nitrogen and oxygen atoms in total. The first-order valence-electron chi connectivity index (χ1n) is 25.4. The maximum absolute atomic E-state index is 13.2. The summed E-state index contributed by atoms with van der Waals surface area (Å²) in [5, 5.41) is 108. The number of carbonyl (C=O) groups excluding carboxylic acids is 4. The van der Waals surface area contributed by atoms with Crippen LogP contribution >= 0.6 is 0 Å². The Labute approximate surface area is 446 Å². The van der Waals surface area contributed by atoms with E-state index in [0.29, 0.717) is 0 Å². The van der Waals surface area contributed by atoms with Crippen LogP contribution in [0.5, 0.6) is 0 Å². The van der Waals surface area contributed by atoms with Gasteiger partial charge in [-0.25, -0.2) is 4.18 Å². The van der Waals surface area contributed by atoms with E-state index in [-0.39, 0.29) is 0 Å². The fourth-order valence-electron chi connectivity index (χ4n) is 9.01. The molecule has 1 unspecified atom stereocenters. The zero-order valence-electron chi connectivity index (χ0n) is 43.2. The smallest absolute Gasteiger partial charge is 0.394 e. The highest BCUT2D eigenvalue weighted by molar-refractivity contribution is 7.80. The Morgan fingerprint density at radius 1 is 0.506 bits per heavy atom. The number of amides is 4. The first-order chi connectivity index (χ1) is 36.5. The summed E-state index contributed by atoms with van der Waals surface area (Å²) in [6.45, 7) is 1.31. The van der Waals surface area contributed by atoms with E-state index in [9.17, 15) is 78.1 Å². The second-order valence-electron chi connectivity index (χ2n) is 18.8. The van der Waals surface area contributed by atoms with Crippen molar-refractivity contribution in [1.82, 2.24) is 21.3 Å². The van der Waals surface area contributed by atoms with Gasteiger partial charge in [0.25, 0.3) is 0 Å². The van der Waals surface area contributed by atoms with Gasteiger partial charge in [0.2, 0.25) is 23.6 Å². The van der Waals surface area contributed by atoms with Crippen LogP contribution in [0.25, 0.3) is 0 Å². The summed E-state index contributed by atoms with van der Waals surface area (Å²) in [7, 11) is -5.16. The lowest BCUT2D eigenvalue weighted by molar-refractivity contribution is -0.361. The van der Waals surface area contributed by atoms with Crippen molar-refractivity contribution in [2.45, 2.75) is 202 Å². The second-order valence-corrected chi connectivity index (χ2v) is 19.9. The van der Waals surface area contributed by atoms with Gasteiger partial charge in [0.1, 0.15) is 97.4 Å². The average Bonchev–Trinajstić information content (AvgIpc) is 3.37. The molecule has 0 aromatic carbocycles. The number of hydrogen-bond acceptors (Lipinski definition) is 23. The standard InChI is InChI=1S/C48H78N4O24S/c1-5-6-7-8-9-10-11-12-13-14-15-16-17-18-19-20-32(59)52-34-38(61)37(60)28(21-53)71-46(34)74-42-29(22-54)72-47(35(40(42)63)50-26(3)57)75-43-30(23-55)73-48(36(41(43)64)51-27(4)58)76-44-31(24-69-77(66,67)68)70-45(65)33(39(44)62)49-25(2)56/h10-11,15-20,28-31,33-48,53-55,60-65H,5-9,12-14,21-24H2,1-4H3,(H,49,56)(H,50,57)(H,51,58)(H,52,59)(H,66,67,68)/b11-10+,16-15-,18-17+,20-19-/t28-,29-,30-,31-,33-,34-,35-,36-,37-,38-,39-,40-,41-,42-,43-,44-,45?,46+,47+,48+/m1/s1. The van der Waals surface area contributed by atoms with E-state index in [0.717, 1.165) is 52.5 Å². The Bertz CT molecular complexity index is 2090. The van der Waals surface area contributed by atoms with Crippen molar-refractivity contribution >= 4 is 34.0 Å². The molecule has 440 valence electrons. The molecule has 4 aliphatic rings. The van der Waals surface area contributed by atoms with Crippen LogP contribution in [0.15, 0.2) is 48.6 Å². The molecule has 20 atom stereocenters. The second kappa shape index (κ2) is 32.4. The number of ether oxygens (including phenoxy) is 7. The lowest BCUT2D eigenvalue weighted by Crippen LogP contribution is -2.71. The van der Waals surface area contributed by atoms with Crippen molar-refractivity contribution in [2.24, 2.45) is 0 Å². The molecule has 4 rings (SSSR count). The molecule has 77 heavy (non-hydrogen) atoms. The fraction of sp³-hybridized carbons (Fsp3) is 0.750. The summed E-state index contributed by atoms with van der Waals surface area (Å²) in [6.07, 6.45) is -6.54. The van der Waals surface area contributed by atoms with E-state index in [1.54, 1.807) is 12.2 Å². The Kier molecular flexibility index (Phi) is 27.6. The molecule has 0 aliphatic carbocycles. The molecule has 0 spiro atoms. The molecule has 4 heterocycles. The van der Waals surface area contributed by atoms with Gasteiger partial charge >= 0.3 is 10.4 Å². The van der Waals surface area contributed by atoms with Crippen LogP contribution in [-0.2, 0) is 66.9 Å². The first kappa shape index (κ1) is 65.6. The minimum Gasteiger partial charge on any atom is -0.394 e. The summed E-state index contributed by atoms with van der Waals surface area (Å²) in [5.41, 5.74) is 0. The van der Waals surface area contributed by atoms with Gasteiger partial charge in [0, 0.05) is 26.8 Å². The largest absolute Gasteiger partial charge is 0.397 e. The Morgan fingerprint density at radius 2 is 0.948 bits per heavy atom. The van der Waals surface area contributed by atoms with E-state index in [1.807, 2.05) is 12.2 Å². The molecule has 4 amide bonds. The van der Waals surface area contributed by atoms with Gasteiger partial charge in [-0.15, -0.1) is 0 Å². The quantitative estimate of drug-likeness (QED) is 0.0117. The third-order valence-electron chi connectivity index (χ3n) is 12.8. The molecule has 0 bridgehead atoms. The van der Waals surface area contributed by atoms with Crippen LogP contribution in [0.1, 0.15) is 79.1 Å². The van der Waals surface area contributed by atoms with E-state index in [2.05, 4.69) is 44.5 Å². The Morgan fingerprint density at radius 3 is 1.44 bits per heavy atom. The van der Waals surface area contributed by atoms with Crippen molar-refractivity contribution in [1.29, 1.82) is 0 Å². The van der Waals surface area contributed by atoms with Crippen LogP contribution in [0.4, 0.5) is 0 Å². The van der Waals surface area contributed by atoms with Crippen LogP contribution in [-0.4, -0.2) is 232 Å². The van der Waals surface area contributed by atoms with Gasteiger partial charge in [-0.2, -0.15) is 8.42 Å². The topological polar surface area (TPSA) is 427 Å². The molecular formula is C48H78N4O24S. The Hall–Kier alpha value is -3.93. The number of aliphatic hydroxyl groups is 9. The molecule has 29 heteroatoms. The number of rotatable bonds is 28. The predicted molar refractivity (Wildman–Crippen MR) is 264 cm³/mol. The van der Waals surface area contributed by atoms with Crippen LogP contribution in [0.2, 0.25) is 0 Å². The lowest BCUT2D eigenvalue weighted by atomic mass is 9.93. The number of allylic oxidation sites excluding steroid dienone is 7. The van der Waals surface area contributed by atoms with E-state index in [4.69, 9.17) is 33.2 Å². The summed E-state index contributed by atoms with van der Waals surface area (Å²) in [6, 6.07) is -6.71. The van der Waals surface area contributed by atoms with Crippen LogP contribution in [0.3, 0.4) is 0 Å². The lowest BCUT2D eigenvalue weighted by Gasteiger charge is -2.51. The summed E-state index contributed by atoms with van der Waals surface area (Å²) in [5.74, 6) is -3.19. The monoisotopic (exact) mass is 1130 g/mol. The van der Waals surface area contributed by atoms with Crippen molar-refractivity contribution < 1.29 is 115 Å². The third kappa shape index (κ3) is 20.0. The van der Waals surface area contributed by atoms with Crippen molar-refractivity contribution in [3.63, 3.8) is 0 Å². The summed E-state index contributed by atoms with van der Waals surface area (Å²) >= 11 is 0. The van der Waals surface area contributed by atoms with Crippen LogP contribution < -0.4 is 21.3 Å². The van der Waals surface area contributed by atoms with E-state index < -0.39 is 183 Å². The zero-order chi connectivity index (χ0) is 57.0. The van der Waals surface area contributed by atoms with Gasteiger partial charge < -0.3 is 100 Å². The first-order valence-corrected chi connectivity index (χ1v) is 26.8. The highest BCUT2D eigenvalue weighted by atomic mass is 32.3. The van der Waals surface area contributed by atoms with Gasteiger partial charge in [0.15, 0.2) is 25.2 Å². The number of carbonyl (C=O) groups is 4. The SMILES string of the molecule is CCCCCC/C=C/CCC\C=C/C=C/C=C\C(=O)N[C@H]1[C@H](O[C@H]2[C@H](O)[C@@H](NC(C)=O)[C@H](O[C@H]3[C@H](O)[C@@H](NC(C)=O)[C@H](O[C@H]4[C@H](O)[C@@H](NC(C)=O)C(O)O[C@@H]4COS(=O)(=O)O)O[C@@H]3CO)O[C@@H]2CO)O[C@H](CO)[C@@H](O)[C@@H]1O. The van der Waals surface area contributed by atoms with Gasteiger partial charge in [0.05, 0.1) is 26.4 Å². The average molecular weight is 1130 g/mol. The maximum atomic E-state index is 13.2. The molecule has 0 aromatic rings. The van der Waals surface area contributed by atoms with Gasteiger partial charge in [-0.3, -0.25) is 23.7 Å². The molecule has 4 saturated heterocycles. The van der Waals surface area contributed by atoms with E-state index >= 15 is 0 Å². The normalized spacial score (nSPS) is 36.1. The van der Waals surface area contributed by atoms with Crippen molar-refractivity contribution in [2.75, 3.05) is 26.4 Å². The summed E-state index contributed by atoms with van der Waals surface area (Å²) < 4.78 is 77.7. The number of aliphatic hydroxyl groups excluding tert-OH is 9. The van der Waals surface area contributed by atoms with Crippen molar-refractivity contribution in [3.05, 3.63) is 48.6 Å². The summed E-state index contributed by atoms with van der Waals surface area (Å²) in [4.78, 5) is 50.4. The zero-order valence-corrected chi connectivity index (χ0v) is 44.1. The minimum absolute atomic E-state index is 0.768. The molecule has 0 radical (unpaired) electrons. The van der Waals surface area contributed by atoms with E-state index in [1.165, 1.54) is 31.8 Å².